The van der Waals surface area contributed by atoms with Crippen LogP contribution in [0, 0.1) is 11.2 Å². The summed E-state index contributed by atoms with van der Waals surface area (Å²) < 4.78 is 19.4. The molecule has 1 aromatic carbocycles. The number of hydrogen-bond acceptors (Lipinski definition) is 2. The zero-order chi connectivity index (χ0) is 12.5. The second-order valence-corrected chi connectivity index (χ2v) is 5.35. The summed E-state index contributed by atoms with van der Waals surface area (Å²) in [6.07, 6.45) is 1.75. The van der Waals surface area contributed by atoms with Gasteiger partial charge in [-0.05, 0) is 31.0 Å². The predicted octanol–water partition coefficient (Wildman–Crippen LogP) is 3.22. The van der Waals surface area contributed by atoms with Crippen LogP contribution in [0.5, 0.6) is 5.75 Å². The maximum atomic E-state index is 13.4. The first-order chi connectivity index (χ1) is 8.01. The molecule has 0 atom stereocenters. The zero-order valence-electron chi connectivity index (χ0n) is 9.08. The molecular formula is C12H12BrFO3. The molecule has 17 heavy (non-hydrogen) atoms. The Morgan fingerprint density at radius 2 is 2.24 bits per heavy atom. The van der Waals surface area contributed by atoms with E-state index < -0.39 is 11.8 Å². The first-order valence-corrected chi connectivity index (χ1v) is 6.10. The summed E-state index contributed by atoms with van der Waals surface area (Å²) in [4.78, 5) is 10.6. The smallest absolute Gasteiger partial charge is 0.304 e. The lowest BCUT2D eigenvalue weighted by molar-refractivity contribution is -0.138. The van der Waals surface area contributed by atoms with Crippen LogP contribution in [0.25, 0.3) is 0 Å². The van der Waals surface area contributed by atoms with Crippen LogP contribution >= 0.6 is 15.9 Å². The molecule has 1 aromatic rings. The average molecular weight is 303 g/mol. The lowest BCUT2D eigenvalue weighted by Crippen LogP contribution is -2.17. The Bertz CT molecular complexity index is 443. The van der Waals surface area contributed by atoms with Gasteiger partial charge in [0.05, 0.1) is 13.0 Å². The molecular weight excluding hydrogens is 291 g/mol. The fourth-order valence-corrected chi connectivity index (χ4v) is 2.03. The monoisotopic (exact) mass is 302 g/mol. The molecule has 1 N–H and O–H groups in total. The van der Waals surface area contributed by atoms with Gasteiger partial charge in [0.25, 0.3) is 0 Å². The van der Waals surface area contributed by atoms with Crippen molar-refractivity contribution >= 4 is 21.9 Å². The van der Waals surface area contributed by atoms with E-state index in [1.807, 2.05) is 0 Å². The summed E-state index contributed by atoms with van der Waals surface area (Å²) in [5, 5.41) is 8.74. The van der Waals surface area contributed by atoms with Gasteiger partial charge in [0, 0.05) is 9.89 Å². The van der Waals surface area contributed by atoms with E-state index in [-0.39, 0.29) is 24.2 Å². The highest BCUT2D eigenvalue weighted by Gasteiger charge is 2.45. The maximum Gasteiger partial charge on any atom is 0.304 e. The second kappa shape index (κ2) is 4.64. The fourth-order valence-electron chi connectivity index (χ4n) is 1.69. The molecule has 1 saturated carbocycles. The molecule has 0 saturated heterocycles. The average Bonchev–Trinajstić information content (AvgIpc) is 2.96. The summed E-state index contributed by atoms with van der Waals surface area (Å²) in [5.74, 6) is -1.10. The molecule has 5 heteroatoms. The number of halogens is 2. The third-order valence-corrected chi connectivity index (χ3v) is 3.40. The van der Waals surface area contributed by atoms with Crippen LogP contribution in [-0.2, 0) is 4.79 Å². The van der Waals surface area contributed by atoms with Crippen LogP contribution in [-0.4, -0.2) is 17.7 Å². The molecule has 0 amide bonds. The van der Waals surface area contributed by atoms with E-state index in [0.29, 0.717) is 4.47 Å². The summed E-state index contributed by atoms with van der Waals surface area (Å²) in [7, 11) is 0. The van der Waals surface area contributed by atoms with Gasteiger partial charge in [-0.2, -0.15) is 0 Å². The van der Waals surface area contributed by atoms with Gasteiger partial charge in [-0.1, -0.05) is 15.9 Å². The van der Waals surface area contributed by atoms with Crippen LogP contribution < -0.4 is 4.74 Å². The molecule has 0 bridgehead atoms. The maximum absolute atomic E-state index is 13.4. The van der Waals surface area contributed by atoms with E-state index in [1.165, 1.54) is 12.1 Å². The van der Waals surface area contributed by atoms with Crippen molar-refractivity contribution in [2.24, 2.45) is 5.41 Å². The first kappa shape index (κ1) is 12.4. The van der Waals surface area contributed by atoms with Crippen molar-refractivity contribution in [2.45, 2.75) is 19.3 Å². The number of carboxylic acids is 1. The number of benzene rings is 1. The zero-order valence-corrected chi connectivity index (χ0v) is 10.7. The van der Waals surface area contributed by atoms with Crippen LogP contribution in [0.15, 0.2) is 22.7 Å². The Morgan fingerprint density at radius 1 is 1.53 bits per heavy atom. The van der Waals surface area contributed by atoms with Crippen LogP contribution in [0.1, 0.15) is 19.3 Å². The van der Waals surface area contributed by atoms with Gasteiger partial charge in [-0.3, -0.25) is 4.79 Å². The molecule has 0 radical (unpaired) electrons. The minimum absolute atomic E-state index is 0.0884. The SMILES string of the molecule is O=C(O)CC1(COc2ccc(Br)cc2F)CC1. The van der Waals surface area contributed by atoms with Crippen molar-refractivity contribution in [1.82, 2.24) is 0 Å². The number of ether oxygens (including phenoxy) is 1. The topological polar surface area (TPSA) is 46.5 Å². The molecule has 0 unspecified atom stereocenters. The van der Waals surface area contributed by atoms with Crippen molar-refractivity contribution in [1.29, 1.82) is 0 Å². The van der Waals surface area contributed by atoms with Crippen molar-refractivity contribution in [3.63, 3.8) is 0 Å². The van der Waals surface area contributed by atoms with Crippen molar-refractivity contribution in [3.05, 3.63) is 28.5 Å². The molecule has 0 aromatic heterocycles. The molecule has 0 spiro atoms. The van der Waals surface area contributed by atoms with Crippen molar-refractivity contribution < 1.29 is 19.0 Å². The van der Waals surface area contributed by atoms with Gasteiger partial charge >= 0.3 is 5.97 Å². The van der Waals surface area contributed by atoms with Gasteiger partial charge in [0.15, 0.2) is 11.6 Å². The van der Waals surface area contributed by atoms with Gasteiger partial charge in [-0.25, -0.2) is 4.39 Å². The number of carboxylic acid groups (broad SMARTS) is 1. The number of aliphatic carboxylic acids is 1. The summed E-state index contributed by atoms with van der Waals surface area (Å²) >= 11 is 3.16. The van der Waals surface area contributed by atoms with E-state index in [4.69, 9.17) is 9.84 Å². The predicted molar refractivity (Wildman–Crippen MR) is 63.5 cm³/mol. The highest BCUT2D eigenvalue weighted by Crippen LogP contribution is 2.49. The first-order valence-electron chi connectivity index (χ1n) is 5.30. The Morgan fingerprint density at radius 3 is 2.76 bits per heavy atom. The molecule has 1 aliphatic rings. The van der Waals surface area contributed by atoms with Gasteiger partial charge < -0.3 is 9.84 Å². The van der Waals surface area contributed by atoms with E-state index in [9.17, 15) is 9.18 Å². The Labute approximate surface area is 107 Å². The molecule has 0 heterocycles. The molecule has 1 fully saturated rings. The van der Waals surface area contributed by atoms with Crippen LogP contribution in [0.2, 0.25) is 0 Å². The third-order valence-electron chi connectivity index (χ3n) is 2.91. The van der Waals surface area contributed by atoms with Gasteiger partial charge in [0.2, 0.25) is 0 Å². The standard InChI is InChI=1S/C12H12BrFO3/c13-8-1-2-10(9(14)5-8)17-7-12(3-4-12)6-11(15)16/h1-2,5H,3-4,6-7H2,(H,15,16). The number of carbonyl (C=O) groups is 1. The largest absolute Gasteiger partial charge is 0.490 e. The Balaban J connectivity index is 1.96. The Kier molecular flexibility index (Phi) is 3.38. The molecule has 3 nitrogen and oxygen atoms in total. The van der Waals surface area contributed by atoms with E-state index in [2.05, 4.69) is 15.9 Å². The van der Waals surface area contributed by atoms with E-state index >= 15 is 0 Å². The van der Waals surface area contributed by atoms with Crippen LogP contribution in [0.3, 0.4) is 0 Å². The quantitative estimate of drug-likeness (QED) is 0.908. The molecule has 92 valence electrons. The Hall–Kier alpha value is -1.10. The highest BCUT2D eigenvalue weighted by atomic mass is 79.9. The summed E-state index contributed by atoms with van der Waals surface area (Å²) in [6, 6.07) is 4.55. The fraction of sp³-hybridized carbons (Fsp3) is 0.417. The highest BCUT2D eigenvalue weighted by molar-refractivity contribution is 9.10. The third kappa shape index (κ3) is 3.19. The lowest BCUT2D eigenvalue weighted by atomic mass is 10.0. The van der Waals surface area contributed by atoms with Crippen molar-refractivity contribution in [3.8, 4) is 5.75 Å². The number of rotatable bonds is 5. The van der Waals surface area contributed by atoms with Crippen molar-refractivity contribution in [2.75, 3.05) is 6.61 Å². The minimum Gasteiger partial charge on any atom is -0.490 e. The minimum atomic E-state index is -0.831. The molecule has 0 aliphatic heterocycles. The molecule has 2 rings (SSSR count). The van der Waals surface area contributed by atoms with Crippen LogP contribution in [0.4, 0.5) is 4.39 Å². The second-order valence-electron chi connectivity index (χ2n) is 4.43. The molecule has 1 aliphatic carbocycles. The summed E-state index contributed by atoms with van der Waals surface area (Å²) in [5.41, 5.74) is -0.286. The van der Waals surface area contributed by atoms with E-state index in [0.717, 1.165) is 12.8 Å². The lowest BCUT2D eigenvalue weighted by Gasteiger charge is -2.14. The normalized spacial score (nSPS) is 16.6. The van der Waals surface area contributed by atoms with Gasteiger partial charge in [-0.15, -0.1) is 0 Å². The van der Waals surface area contributed by atoms with E-state index in [1.54, 1.807) is 6.07 Å². The number of hydrogen-bond donors (Lipinski definition) is 1. The van der Waals surface area contributed by atoms with Gasteiger partial charge in [0.1, 0.15) is 0 Å². The summed E-state index contributed by atoms with van der Waals surface area (Å²) in [6.45, 7) is 0.262.